The molecule has 2 bridgehead atoms. The van der Waals surface area contributed by atoms with Gasteiger partial charge in [-0.25, -0.2) is 4.39 Å². The second kappa shape index (κ2) is 8.86. The predicted molar refractivity (Wildman–Crippen MR) is 113 cm³/mol. The minimum absolute atomic E-state index is 0.102. The fourth-order valence-electron chi connectivity index (χ4n) is 4.03. The molecule has 1 aromatic carbocycles. The molecule has 3 atom stereocenters. The number of halogens is 1. The van der Waals surface area contributed by atoms with Gasteiger partial charge in [-0.2, -0.15) is 0 Å². The topological polar surface area (TPSA) is 108 Å². The summed E-state index contributed by atoms with van der Waals surface area (Å²) in [5.74, 6) is 0.610. The highest BCUT2D eigenvalue weighted by Gasteiger charge is 2.44. The molecule has 0 aliphatic carbocycles. The smallest absolute Gasteiger partial charge is 0.246 e. The number of H-pyrrole nitrogens is 1. The number of benzene rings is 1. The monoisotopic (exact) mass is 398 g/mol. The average Bonchev–Trinajstić information content (AvgIpc) is 3.27. The minimum atomic E-state index is -0.817. The highest BCUT2D eigenvalue weighted by molar-refractivity contribution is 5.88. The summed E-state index contributed by atoms with van der Waals surface area (Å²) in [5, 5.41) is 9.62. The molecule has 2 fully saturated rings. The van der Waals surface area contributed by atoms with E-state index in [1.807, 2.05) is 12.1 Å². The maximum absolute atomic E-state index is 13.4. The highest BCUT2D eigenvalue weighted by Crippen LogP contribution is 2.37. The number of carbonyl (C=O) groups excluding carboxylic acids is 1. The van der Waals surface area contributed by atoms with Crippen LogP contribution in [0, 0.1) is 0 Å². The number of rotatable bonds is 3. The van der Waals surface area contributed by atoms with Crippen LogP contribution in [0.1, 0.15) is 36.8 Å². The van der Waals surface area contributed by atoms with Gasteiger partial charge < -0.3 is 26.5 Å². The Labute approximate surface area is 169 Å². The van der Waals surface area contributed by atoms with Gasteiger partial charge in [-0.1, -0.05) is 18.7 Å². The van der Waals surface area contributed by atoms with Crippen molar-refractivity contribution in [3.63, 3.8) is 0 Å². The standard InChI is InChI=1S/C12H13N3O.C10H14FNO/c13-10(7-8-5-6-15-12(8)14)9-3-1-2-4-11(9)16;1-2-10(13)12-7-3-5-8(11)9(12)6-4-7/h1-7,15-16H,13-14H2;2,7-9H,1,3-6H2/b10-7-;/t;7?,8?,9-/m.1/s1. The number of nitrogens with one attached hydrogen (secondary N) is 1. The third-order valence-corrected chi connectivity index (χ3v) is 5.51. The molecule has 2 aromatic rings. The van der Waals surface area contributed by atoms with E-state index in [0.717, 1.165) is 24.8 Å². The molecule has 3 heterocycles. The van der Waals surface area contributed by atoms with Crippen molar-refractivity contribution in [2.75, 3.05) is 5.73 Å². The SMILES string of the molecule is C=CC(=O)N1C2CCC(F)[C@H]1CC2.N/C(=C\c1cc[nH]c1N)c1ccccc1O. The Bertz CT molecular complexity index is 908. The molecule has 29 heavy (non-hydrogen) atoms. The van der Waals surface area contributed by atoms with E-state index >= 15 is 0 Å². The molecule has 0 spiro atoms. The second-order valence-electron chi connectivity index (χ2n) is 7.31. The Kier molecular flexibility index (Phi) is 6.26. The number of carbonyl (C=O) groups is 1. The van der Waals surface area contributed by atoms with Crippen LogP contribution in [-0.2, 0) is 4.79 Å². The number of phenols is 1. The van der Waals surface area contributed by atoms with E-state index in [2.05, 4.69) is 11.6 Å². The lowest BCUT2D eigenvalue weighted by Crippen LogP contribution is -2.48. The number of anilines is 1. The summed E-state index contributed by atoms with van der Waals surface area (Å²) < 4.78 is 13.4. The van der Waals surface area contributed by atoms with Gasteiger partial charge in [-0.3, -0.25) is 4.79 Å². The van der Waals surface area contributed by atoms with E-state index in [4.69, 9.17) is 11.5 Å². The minimum Gasteiger partial charge on any atom is -0.507 e. The molecule has 2 aliphatic rings. The van der Waals surface area contributed by atoms with Gasteiger partial charge in [0, 0.05) is 29.1 Å². The third kappa shape index (κ3) is 4.45. The van der Waals surface area contributed by atoms with E-state index in [0.29, 0.717) is 23.5 Å². The number of nitrogen functional groups attached to an aromatic ring is 1. The number of alkyl halides is 1. The predicted octanol–water partition coefficient (Wildman–Crippen LogP) is 3.42. The van der Waals surface area contributed by atoms with Crippen LogP contribution in [0.5, 0.6) is 5.75 Å². The van der Waals surface area contributed by atoms with Crippen molar-refractivity contribution in [1.82, 2.24) is 9.88 Å². The number of amides is 1. The average molecular weight is 398 g/mol. The van der Waals surface area contributed by atoms with Crippen molar-refractivity contribution in [1.29, 1.82) is 0 Å². The first-order valence-corrected chi connectivity index (χ1v) is 9.69. The molecule has 6 N–H and O–H groups in total. The number of aromatic nitrogens is 1. The van der Waals surface area contributed by atoms with Gasteiger partial charge in [-0.15, -0.1) is 0 Å². The second-order valence-corrected chi connectivity index (χ2v) is 7.31. The Morgan fingerprint density at radius 3 is 2.62 bits per heavy atom. The number of aromatic amines is 1. The molecule has 1 aromatic heterocycles. The van der Waals surface area contributed by atoms with Gasteiger partial charge in [-0.05, 0) is 56.0 Å². The van der Waals surface area contributed by atoms with Crippen LogP contribution in [0.3, 0.4) is 0 Å². The van der Waals surface area contributed by atoms with E-state index in [9.17, 15) is 14.3 Å². The van der Waals surface area contributed by atoms with E-state index in [-0.39, 0.29) is 23.7 Å². The van der Waals surface area contributed by atoms with E-state index in [1.165, 1.54) is 6.08 Å². The summed E-state index contributed by atoms with van der Waals surface area (Å²) in [6.45, 7) is 3.44. The molecule has 2 unspecified atom stereocenters. The first-order chi connectivity index (χ1) is 13.9. The first-order valence-electron chi connectivity index (χ1n) is 9.69. The number of nitrogens with zero attached hydrogens (tertiary/aromatic N) is 1. The summed E-state index contributed by atoms with van der Waals surface area (Å²) in [5.41, 5.74) is 13.5. The number of phenolic OH excluding ortho intramolecular Hbond substituents is 1. The first kappa shape index (κ1) is 20.5. The molecule has 2 aliphatic heterocycles. The van der Waals surface area contributed by atoms with Crippen LogP contribution in [0.4, 0.5) is 10.2 Å². The number of nitrogens with two attached hydrogens (primary N) is 2. The molecule has 7 heteroatoms. The van der Waals surface area contributed by atoms with Crippen LogP contribution in [0.2, 0.25) is 0 Å². The van der Waals surface area contributed by atoms with E-state index in [1.54, 1.807) is 35.4 Å². The largest absolute Gasteiger partial charge is 0.507 e. The number of hydrogen-bond acceptors (Lipinski definition) is 4. The maximum atomic E-state index is 13.4. The number of hydrogen-bond donors (Lipinski definition) is 4. The van der Waals surface area contributed by atoms with Gasteiger partial charge in [0.05, 0.1) is 6.04 Å². The number of fused-ring (bicyclic) bond motifs is 2. The highest BCUT2D eigenvalue weighted by atomic mass is 19.1. The molecule has 4 rings (SSSR count). The zero-order valence-electron chi connectivity index (χ0n) is 16.2. The molecular formula is C22H27FN4O2. The lowest BCUT2D eigenvalue weighted by molar-refractivity contribution is -0.132. The van der Waals surface area contributed by atoms with Gasteiger partial charge >= 0.3 is 0 Å². The molecule has 0 radical (unpaired) electrons. The maximum Gasteiger partial charge on any atom is 0.246 e. The van der Waals surface area contributed by atoms with Crippen molar-refractivity contribution in [2.24, 2.45) is 5.73 Å². The summed E-state index contributed by atoms with van der Waals surface area (Å²) in [7, 11) is 0. The van der Waals surface area contributed by atoms with Crippen molar-refractivity contribution < 1.29 is 14.3 Å². The van der Waals surface area contributed by atoms with Crippen molar-refractivity contribution >= 4 is 23.5 Å². The Morgan fingerprint density at radius 2 is 1.97 bits per heavy atom. The van der Waals surface area contributed by atoms with Crippen LogP contribution in [0.25, 0.3) is 11.8 Å². The zero-order valence-corrected chi connectivity index (χ0v) is 16.2. The summed E-state index contributed by atoms with van der Waals surface area (Å²) >= 11 is 0. The van der Waals surface area contributed by atoms with Crippen LogP contribution >= 0.6 is 0 Å². The molecule has 154 valence electrons. The van der Waals surface area contributed by atoms with Gasteiger partial charge in [0.1, 0.15) is 17.7 Å². The van der Waals surface area contributed by atoms with Crippen LogP contribution < -0.4 is 11.5 Å². The van der Waals surface area contributed by atoms with Crippen LogP contribution in [0.15, 0.2) is 49.2 Å². The molecule has 2 saturated heterocycles. The van der Waals surface area contributed by atoms with Crippen LogP contribution in [-0.4, -0.2) is 39.2 Å². The molecule has 0 saturated carbocycles. The van der Waals surface area contributed by atoms with Crippen molar-refractivity contribution in [3.8, 4) is 5.75 Å². The molecular weight excluding hydrogens is 371 g/mol. The van der Waals surface area contributed by atoms with Gasteiger partial charge in [0.15, 0.2) is 0 Å². The summed E-state index contributed by atoms with van der Waals surface area (Å²) in [6.07, 6.45) is 7.16. The van der Waals surface area contributed by atoms with Crippen molar-refractivity contribution in [2.45, 2.75) is 43.9 Å². The van der Waals surface area contributed by atoms with Gasteiger partial charge in [0.2, 0.25) is 5.91 Å². The molecule has 1 amide bonds. The fraction of sp³-hybridized carbons (Fsp3) is 0.318. The van der Waals surface area contributed by atoms with E-state index < -0.39 is 6.17 Å². The summed E-state index contributed by atoms with van der Waals surface area (Å²) in [6, 6.07) is 8.85. The quantitative estimate of drug-likeness (QED) is 0.594. The number of para-hydroxylation sites is 1. The number of piperidine rings is 1. The number of aromatic hydroxyl groups is 1. The lowest BCUT2D eigenvalue weighted by atomic mass is 10.0. The van der Waals surface area contributed by atoms with Crippen molar-refractivity contribution in [3.05, 3.63) is 60.3 Å². The third-order valence-electron chi connectivity index (χ3n) is 5.51. The zero-order chi connectivity index (χ0) is 21.0. The normalized spacial score (nSPS) is 23.3. The lowest BCUT2D eigenvalue weighted by Gasteiger charge is -2.36. The van der Waals surface area contributed by atoms with Gasteiger partial charge in [0.25, 0.3) is 0 Å². The molecule has 6 nitrogen and oxygen atoms in total. The Morgan fingerprint density at radius 1 is 1.24 bits per heavy atom. The Hall–Kier alpha value is -3.22. The fourth-order valence-corrected chi connectivity index (χ4v) is 4.03. The summed E-state index contributed by atoms with van der Waals surface area (Å²) in [4.78, 5) is 16.0. The Balaban J connectivity index is 0.000000169.